The number of rotatable bonds is 8. The standard InChI is InChI=1S/C19H20FNO4/c1-25-17-5-3-2-4-15(17)8-11-18(22)21(13-19(23)24)12-14-6-9-16(20)10-7-14/h2-7,9-10H,8,11-13H2,1H3,(H,23,24). The van der Waals surface area contributed by atoms with Crippen LogP contribution in [0.25, 0.3) is 0 Å². The molecular weight excluding hydrogens is 325 g/mol. The lowest BCUT2D eigenvalue weighted by Crippen LogP contribution is -2.35. The Morgan fingerprint density at radius 2 is 1.80 bits per heavy atom. The van der Waals surface area contributed by atoms with Crippen LogP contribution in [0.1, 0.15) is 17.5 Å². The maximum absolute atomic E-state index is 13.0. The Hall–Kier alpha value is -2.89. The minimum Gasteiger partial charge on any atom is -0.496 e. The first kappa shape index (κ1) is 18.4. The second-order valence-electron chi connectivity index (χ2n) is 5.58. The van der Waals surface area contributed by atoms with Crippen LogP contribution in [0.3, 0.4) is 0 Å². The quantitative estimate of drug-likeness (QED) is 0.799. The minimum atomic E-state index is -1.09. The van der Waals surface area contributed by atoms with Crippen LogP contribution in [0, 0.1) is 5.82 Å². The van der Waals surface area contributed by atoms with Crippen molar-refractivity contribution in [3.63, 3.8) is 0 Å². The normalized spacial score (nSPS) is 10.3. The summed E-state index contributed by atoms with van der Waals surface area (Å²) < 4.78 is 18.2. The molecule has 0 bridgehead atoms. The molecule has 0 aliphatic rings. The summed E-state index contributed by atoms with van der Waals surface area (Å²) in [5.41, 5.74) is 1.56. The Bertz CT molecular complexity index is 730. The third kappa shape index (κ3) is 5.60. The van der Waals surface area contributed by atoms with Gasteiger partial charge in [-0.05, 0) is 35.7 Å². The van der Waals surface area contributed by atoms with Gasteiger partial charge in [-0.1, -0.05) is 30.3 Å². The lowest BCUT2D eigenvalue weighted by atomic mass is 10.1. The van der Waals surface area contributed by atoms with Crippen molar-refractivity contribution in [1.82, 2.24) is 4.90 Å². The molecule has 0 aliphatic carbocycles. The molecule has 0 spiro atoms. The van der Waals surface area contributed by atoms with Gasteiger partial charge in [-0.25, -0.2) is 4.39 Å². The van der Waals surface area contributed by atoms with Crippen molar-refractivity contribution in [3.05, 3.63) is 65.5 Å². The van der Waals surface area contributed by atoms with Crippen LogP contribution in [0.4, 0.5) is 4.39 Å². The van der Waals surface area contributed by atoms with Crippen LogP contribution in [0.2, 0.25) is 0 Å². The predicted octanol–water partition coefficient (Wildman–Crippen LogP) is 2.88. The van der Waals surface area contributed by atoms with Crippen molar-refractivity contribution in [1.29, 1.82) is 0 Å². The fraction of sp³-hybridized carbons (Fsp3) is 0.263. The molecule has 0 saturated carbocycles. The molecule has 25 heavy (non-hydrogen) atoms. The van der Waals surface area contributed by atoms with E-state index in [1.54, 1.807) is 7.11 Å². The number of para-hydroxylation sites is 1. The number of methoxy groups -OCH3 is 1. The van der Waals surface area contributed by atoms with Gasteiger partial charge in [0.05, 0.1) is 7.11 Å². The Morgan fingerprint density at radius 1 is 1.12 bits per heavy atom. The van der Waals surface area contributed by atoms with Gasteiger partial charge in [-0.3, -0.25) is 9.59 Å². The SMILES string of the molecule is COc1ccccc1CCC(=O)N(CC(=O)O)Cc1ccc(F)cc1. The van der Waals surface area contributed by atoms with Gasteiger partial charge in [0.2, 0.25) is 5.91 Å². The molecule has 0 aliphatic heterocycles. The van der Waals surface area contributed by atoms with Crippen molar-refractivity contribution in [2.45, 2.75) is 19.4 Å². The highest BCUT2D eigenvalue weighted by Crippen LogP contribution is 2.19. The second kappa shape index (κ2) is 8.82. The number of carboxylic acids is 1. The van der Waals surface area contributed by atoms with Crippen LogP contribution >= 0.6 is 0 Å². The van der Waals surface area contributed by atoms with E-state index < -0.39 is 12.5 Å². The van der Waals surface area contributed by atoms with E-state index in [4.69, 9.17) is 9.84 Å². The molecule has 1 amide bonds. The largest absolute Gasteiger partial charge is 0.496 e. The highest BCUT2D eigenvalue weighted by Gasteiger charge is 2.18. The van der Waals surface area contributed by atoms with Crippen LogP contribution in [0.15, 0.2) is 48.5 Å². The second-order valence-corrected chi connectivity index (χ2v) is 5.58. The van der Waals surface area contributed by atoms with Crippen molar-refractivity contribution in [3.8, 4) is 5.75 Å². The van der Waals surface area contributed by atoms with E-state index in [0.29, 0.717) is 17.7 Å². The van der Waals surface area contributed by atoms with E-state index in [1.165, 1.54) is 29.2 Å². The molecule has 1 N–H and O–H groups in total. The van der Waals surface area contributed by atoms with E-state index in [1.807, 2.05) is 24.3 Å². The van der Waals surface area contributed by atoms with Gasteiger partial charge in [0.25, 0.3) is 0 Å². The fourth-order valence-electron chi connectivity index (χ4n) is 2.51. The molecule has 0 saturated heterocycles. The molecular formula is C19H20FNO4. The summed E-state index contributed by atoms with van der Waals surface area (Å²) in [5, 5.41) is 9.05. The summed E-state index contributed by atoms with van der Waals surface area (Å²) in [6.07, 6.45) is 0.608. The summed E-state index contributed by atoms with van der Waals surface area (Å²) in [6, 6.07) is 13.0. The van der Waals surface area contributed by atoms with Crippen molar-refractivity contribution < 1.29 is 23.8 Å². The maximum atomic E-state index is 13.0. The van der Waals surface area contributed by atoms with Gasteiger partial charge in [0, 0.05) is 13.0 Å². The number of benzene rings is 2. The van der Waals surface area contributed by atoms with Crippen LogP contribution in [-0.2, 0) is 22.6 Å². The molecule has 0 fully saturated rings. The van der Waals surface area contributed by atoms with Crippen LogP contribution in [-0.4, -0.2) is 35.5 Å². The molecule has 2 rings (SSSR count). The number of carboxylic acid groups (broad SMARTS) is 1. The number of halogens is 1. The van der Waals surface area contributed by atoms with E-state index in [-0.39, 0.29) is 24.7 Å². The van der Waals surface area contributed by atoms with Crippen LogP contribution in [0.5, 0.6) is 5.75 Å². The highest BCUT2D eigenvalue weighted by molar-refractivity contribution is 5.81. The molecule has 0 heterocycles. The fourth-order valence-corrected chi connectivity index (χ4v) is 2.51. The zero-order valence-corrected chi connectivity index (χ0v) is 13.9. The zero-order valence-electron chi connectivity index (χ0n) is 13.9. The van der Waals surface area contributed by atoms with Gasteiger partial charge in [-0.2, -0.15) is 0 Å². The van der Waals surface area contributed by atoms with Gasteiger partial charge >= 0.3 is 5.97 Å². The van der Waals surface area contributed by atoms with E-state index >= 15 is 0 Å². The zero-order chi connectivity index (χ0) is 18.2. The van der Waals surface area contributed by atoms with Crippen molar-refractivity contribution in [2.75, 3.05) is 13.7 Å². The number of ether oxygens (including phenoxy) is 1. The molecule has 132 valence electrons. The van der Waals surface area contributed by atoms with Gasteiger partial charge < -0.3 is 14.7 Å². The summed E-state index contributed by atoms with van der Waals surface area (Å²) in [4.78, 5) is 24.8. The molecule has 0 radical (unpaired) electrons. The average molecular weight is 345 g/mol. The summed E-state index contributed by atoms with van der Waals surface area (Å²) in [5.74, 6) is -1.06. The number of nitrogens with zero attached hydrogens (tertiary/aromatic N) is 1. The molecule has 2 aromatic carbocycles. The third-order valence-corrected chi connectivity index (χ3v) is 3.77. The first-order valence-electron chi connectivity index (χ1n) is 7.85. The highest BCUT2D eigenvalue weighted by atomic mass is 19.1. The maximum Gasteiger partial charge on any atom is 0.323 e. The monoisotopic (exact) mass is 345 g/mol. The number of carbonyl (C=O) groups excluding carboxylic acids is 1. The van der Waals surface area contributed by atoms with Crippen LogP contribution < -0.4 is 4.74 Å². The predicted molar refractivity (Wildman–Crippen MR) is 90.8 cm³/mol. The van der Waals surface area contributed by atoms with Gasteiger partial charge in [0.1, 0.15) is 18.1 Å². The topological polar surface area (TPSA) is 66.8 Å². The van der Waals surface area contributed by atoms with Crippen molar-refractivity contribution in [2.24, 2.45) is 0 Å². The summed E-state index contributed by atoms with van der Waals surface area (Å²) >= 11 is 0. The Labute approximate surface area is 145 Å². The van der Waals surface area contributed by atoms with Gasteiger partial charge in [0.15, 0.2) is 0 Å². The van der Waals surface area contributed by atoms with E-state index in [2.05, 4.69) is 0 Å². The lowest BCUT2D eigenvalue weighted by Gasteiger charge is -2.21. The van der Waals surface area contributed by atoms with Crippen molar-refractivity contribution >= 4 is 11.9 Å². The smallest absolute Gasteiger partial charge is 0.323 e. The van der Waals surface area contributed by atoms with E-state index in [9.17, 15) is 14.0 Å². The lowest BCUT2D eigenvalue weighted by molar-refractivity contribution is -0.144. The number of hydrogen-bond donors (Lipinski definition) is 1. The number of aryl methyl sites for hydroxylation is 1. The summed E-state index contributed by atoms with van der Waals surface area (Å²) in [6.45, 7) is -0.278. The Balaban J connectivity index is 2.04. The number of hydrogen-bond acceptors (Lipinski definition) is 3. The minimum absolute atomic E-state index is 0.122. The Kier molecular flexibility index (Phi) is 6.51. The first-order valence-corrected chi connectivity index (χ1v) is 7.85. The molecule has 6 heteroatoms. The van der Waals surface area contributed by atoms with E-state index in [0.717, 1.165) is 5.56 Å². The van der Waals surface area contributed by atoms with Gasteiger partial charge in [-0.15, -0.1) is 0 Å². The first-order chi connectivity index (χ1) is 12.0. The number of amides is 1. The number of carbonyl (C=O) groups is 2. The number of aliphatic carboxylic acids is 1. The summed E-state index contributed by atoms with van der Waals surface area (Å²) in [7, 11) is 1.56. The average Bonchev–Trinajstić information content (AvgIpc) is 2.60. The third-order valence-electron chi connectivity index (χ3n) is 3.77. The molecule has 0 unspecified atom stereocenters. The molecule has 0 atom stereocenters. The Morgan fingerprint density at radius 3 is 2.44 bits per heavy atom. The molecule has 0 aromatic heterocycles. The molecule has 2 aromatic rings. The molecule has 5 nitrogen and oxygen atoms in total.